The van der Waals surface area contributed by atoms with Gasteiger partial charge >= 0.3 is 0 Å². The van der Waals surface area contributed by atoms with E-state index in [0.717, 1.165) is 5.56 Å². The molecule has 1 unspecified atom stereocenters. The van der Waals surface area contributed by atoms with Gasteiger partial charge in [-0.25, -0.2) is 0 Å². The Morgan fingerprint density at radius 2 is 1.21 bits per heavy atom. The van der Waals surface area contributed by atoms with Crippen LogP contribution >= 0.6 is 24.8 Å². The summed E-state index contributed by atoms with van der Waals surface area (Å²) in [6.07, 6.45) is 2.43. The number of hydrogen-bond donors (Lipinski definition) is 7. The molecule has 1 aliphatic rings. The van der Waals surface area contributed by atoms with Crippen molar-refractivity contribution >= 4 is 71.8 Å². The Kier molecular flexibility index (Phi) is 27.3. The van der Waals surface area contributed by atoms with Gasteiger partial charge < -0.3 is 42.1 Å². The molecule has 2 aromatic rings. The number of hydrogen-bond acceptors (Lipinski definition) is 10. The number of nitrogens with zero attached hydrogens (tertiary/aromatic N) is 1. The number of ketones is 2. The zero-order chi connectivity index (χ0) is 51.7. The molecule has 0 saturated carbocycles. The molecule has 1 heterocycles. The summed E-state index contributed by atoms with van der Waals surface area (Å²) in [6.45, 7) is 20.5. The molecule has 71 heavy (non-hydrogen) atoms. The number of amides is 6. The third kappa shape index (κ3) is 19.6. The highest BCUT2D eigenvalue weighted by molar-refractivity contribution is 6.02. The fourth-order valence-corrected chi connectivity index (χ4v) is 8.08. The summed E-state index contributed by atoms with van der Waals surface area (Å²) in [5.74, 6) is -3.01. The minimum absolute atomic E-state index is 0. The summed E-state index contributed by atoms with van der Waals surface area (Å²) in [7, 11) is 3.31. The molecule has 7 N–H and O–H groups in total. The predicted octanol–water partition coefficient (Wildman–Crippen LogP) is 5.86. The SMILES string of the molecule is CN[C@@H](C)C(=O)N[C@H](C(=O)N[C@@H](CCCCCC(=O)c1cccc(C(=O)C[C@H]2CC(C(=O)N[C@H](C)c3ccccc3)N(C(=O)[C@@H](NC(=O)[C@H](C)NC)C(C)(C)C)C2)c1)C(=O)N[C@@H](C)C(C)C)C(C)C.Cl.Cl. The van der Waals surface area contributed by atoms with Gasteiger partial charge in [-0.05, 0) is 95.9 Å². The number of Topliss-reactive ketones (excluding diaryl/α,β-unsaturated/α-hetero) is 2. The summed E-state index contributed by atoms with van der Waals surface area (Å²) in [5, 5.41) is 20.4. The van der Waals surface area contributed by atoms with E-state index in [1.54, 1.807) is 52.2 Å². The molecule has 0 spiro atoms. The van der Waals surface area contributed by atoms with Crippen LogP contribution in [0.1, 0.15) is 153 Å². The lowest BCUT2D eigenvalue weighted by Gasteiger charge is -2.36. The molecule has 0 bridgehead atoms. The fourth-order valence-electron chi connectivity index (χ4n) is 8.08. The van der Waals surface area contributed by atoms with Crippen LogP contribution in [0.3, 0.4) is 0 Å². The molecule has 16 nitrogen and oxygen atoms in total. The second-order valence-corrected chi connectivity index (χ2v) is 20.6. The van der Waals surface area contributed by atoms with E-state index in [2.05, 4.69) is 37.2 Å². The van der Waals surface area contributed by atoms with Gasteiger partial charge in [-0.3, -0.25) is 38.4 Å². The average molecular weight is 1030 g/mol. The third-order valence-electron chi connectivity index (χ3n) is 13.3. The van der Waals surface area contributed by atoms with E-state index in [-0.39, 0.29) is 116 Å². The van der Waals surface area contributed by atoms with Crippen LogP contribution < -0.4 is 37.2 Å². The van der Waals surface area contributed by atoms with Crippen LogP contribution in [0.5, 0.6) is 0 Å². The minimum atomic E-state index is -0.949. The number of carbonyl (C=O) groups excluding carboxylic acids is 8. The van der Waals surface area contributed by atoms with Gasteiger partial charge in [0.2, 0.25) is 35.4 Å². The number of likely N-dealkylation sites (tertiary alicyclic amines) is 1. The Morgan fingerprint density at radius 3 is 1.76 bits per heavy atom. The van der Waals surface area contributed by atoms with E-state index in [0.29, 0.717) is 36.8 Å². The van der Waals surface area contributed by atoms with E-state index in [1.807, 2.05) is 92.6 Å². The number of unbranched alkanes of at least 4 members (excludes halogenated alkanes) is 2. The zero-order valence-corrected chi connectivity index (χ0v) is 45.9. The van der Waals surface area contributed by atoms with Crippen molar-refractivity contribution in [2.45, 2.75) is 169 Å². The predicted molar refractivity (Wildman–Crippen MR) is 283 cm³/mol. The topological polar surface area (TPSA) is 224 Å². The van der Waals surface area contributed by atoms with Crippen LogP contribution in [0.2, 0.25) is 0 Å². The van der Waals surface area contributed by atoms with Crippen molar-refractivity contribution in [3.05, 3.63) is 71.3 Å². The van der Waals surface area contributed by atoms with Crippen molar-refractivity contribution in [1.29, 1.82) is 0 Å². The molecule has 1 saturated heterocycles. The first-order chi connectivity index (χ1) is 32.4. The number of carbonyl (C=O) groups is 8. The standard InChI is InChI=1S/C53H82N8O8.2ClH/c1-31(2)33(5)56-49(66)41(58-51(68)45(32(3)4)59-47(64)35(7)54-12)25-18-15-19-26-43(62)39-23-20-24-40(29-39)44(63)28-37-27-42(50(67)57-34(6)38-21-16-14-17-22-38)61(30-37)52(69)46(53(9,10)11)60-48(65)36(8)55-13;;/h14,16-17,20-24,29,31-37,41-42,45-46,54-55H,15,18-19,25-28,30H2,1-13H3,(H,56,66)(H,57,67)(H,58,68)(H,59,64)(H,60,65);2*1H/t33-,34+,35-,36-,37+,41-,42?,45-,46+;;/m0../s1. The first kappa shape index (κ1) is 64.1. The molecule has 0 aliphatic carbocycles. The maximum Gasteiger partial charge on any atom is 0.246 e. The lowest BCUT2D eigenvalue weighted by Crippen LogP contribution is -2.59. The van der Waals surface area contributed by atoms with Gasteiger partial charge in [-0.2, -0.15) is 0 Å². The monoisotopic (exact) mass is 1030 g/mol. The van der Waals surface area contributed by atoms with Crippen molar-refractivity contribution in [2.24, 2.45) is 23.2 Å². The lowest BCUT2D eigenvalue weighted by molar-refractivity contribution is -0.144. The van der Waals surface area contributed by atoms with Crippen LogP contribution in [-0.4, -0.2) is 115 Å². The minimum Gasteiger partial charge on any atom is -0.352 e. The second kappa shape index (κ2) is 30.2. The molecular weight excluding hydrogens is 948 g/mol. The van der Waals surface area contributed by atoms with Crippen LogP contribution in [-0.2, 0) is 28.8 Å². The van der Waals surface area contributed by atoms with Gasteiger partial charge in [-0.1, -0.05) is 110 Å². The molecule has 1 aliphatic heterocycles. The zero-order valence-electron chi connectivity index (χ0n) is 44.2. The maximum absolute atomic E-state index is 14.5. The largest absolute Gasteiger partial charge is 0.352 e. The van der Waals surface area contributed by atoms with Crippen molar-refractivity contribution in [3.63, 3.8) is 0 Å². The van der Waals surface area contributed by atoms with Gasteiger partial charge in [0.1, 0.15) is 24.2 Å². The summed E-state index contributed by atoms with van der Waals surface area (Å²) < 4.78 is 0. The van der Waals surface area contributed by atoms with Crippen molar-refractivity contribution in [2.75, 3.05) is 20.6 Å². The highest BCUT2D eigenvalue weighted by Crippen LogP contribution is 2.32. The smallest absolute Gasteiger partial charge is 0.246 e. The molecular formula is C53H84Cl2N8O8. The average Bonchev–Trinajstić information content (AvgIpc) is 3.74. The molecule has 0 aromatic heterocycles. The summed E-state index contributed by atoms with van der Waals surface area (Å²) in [4.78, 5) is 110. The second-order valence-electron chi connectivity index (χ2n) is 20.6. The molecule has 398 valence electrons. The number of nitrogens with one attached hydrogen (secondary N) is 7. The lowest BCUT2D eigenvalue weighted by atomic mass is 9.85. The van der Waals surface area contributed by atoms with E-state index < -0.39 is 53.5 Å². The molecule has 6 amide bonds. The van der Waals surface area contributed by atoms with Crippen LogP contribution in [0.15, 0.2) is 54.6 Å². The fraction of sp³-hybridized carbons (Fsp3) is 0.623. The highest BCUT2D eigenvalue weighted by atomic mass is 35.5. The Balaban J connectivity index is 0.0000126. The summed E-state index contributed by atoms with van der Waals surface area (Å²) in [6, 6.07) is 11.0. The third-order valence-corrected chi connectivity index (χ3v) is 13.3. The Labute approximate surface area is 435 Å². The Hall–Kier alpha value is -4.90. The molecule has 3 rings (SSSR count). The number of benzene rings is 2. The van der Waals surface area contributed by atoms with Gasteiger partial charge in [0.05, 0.1) is 18.1 Å². The summed E-state index contributed by atoms with van der Waals surface area (Å²) >= 11 is 0. The first-order valence-electron chi connectivity index (χ1n) is 24.8. The molecule has 18 heteroatoms. The first-order valence-corrected chi connectivity index (χ1v) is 24.8. The Bertz CT molecular complexity index is 2080. The molecule has 9 atom stereocenters. The number of halogens is 2. The number of rotatable bonds is 26. The van der Waals surface area contributed by atoms with Crippen molar-refractivity contribution in [1.82, 2.24) is 42.1 Å². The number of likely N-dealkylation sites (N-methyl/N-ethyl adjacent to an activating group) is 2. The van der Waals surface area contributed by atoms with Crippen molar-refractivity contribution < 1.29 is 38.4 Å². The summed E-state index contributed by atoms with van der Waals surface area (Å²) in [5.41, 5.74) is 0.930. The van der Waals surface area contributed by atoms with Gasteiger partial charge in [-0.15, -0.1) is 24.8 Å². The van der Waals surface area contributed by atoms with Crippen LogP contribution in [0.4, 0.5) is 0 Å². The van der Waals surface area contributed by atoms with Crippen LogP contribution in [0.25, 0.3) is 0 Å². The molecule has 1 fully saturated rings. The highest BCUT2D eigenvalue weighted by Gasteiger charge is 2.46. The van der Waals surface area contributed by atoms with Gasteiger partial charge in [0, 0.05) is 36.6 Å². The Morgan fingerprint density at radius 1 is 0.634 bits per heavy atom. The van der Waals surface area contributed by atoms with Crippen molar-refractivity contribution in [3.8, 4) is 0 Å². The van der Waals surface area contributed by atoms with E-state index in [4.69, 9.17) is 0 Å². The quantitative estimate of drug-likeness (QED) is 0.0439. The molecule has 2 aromatic carbocycles. The molecule has 0 radical (unpaired) electrons. The van der Waals surface area contributed by atoms with Crippen LogP contribution in [0, 0.1) is 23.2 Å². The van der Waals surface area contributed by atoms with E-state index in [9.17, 15) is 38.4 Å². The van der Waals surface area contributed by atoms with Gasteiger partial charge in [0.15, 0.2) is 11.6 Å². The normalized spacial score (nSPS) is 17.5. The maximum atomic E-state index is 14.5. The van der Waals surface area contributed by atoms with Gasteiger partial charge in [0.25, 0.3) is 0 Å². The van der Waals surface area contributed by atoms with E-state index in [1.165, 1.54) is 4.90 Å². The van der Waals surface area contributed by atoms with E-state index >= 15 is 0 Å².